The summed E-state index contributed by atoms with van der Waals surface area (Å²) in [5, 5.41) is 5.79. The Labute approximate surface area is 143 Å². The molecule has 4 rings (SSSR count). The lowest BCUT2D eigenvalue weighted by molar-refractivity contribution is 0.449. The second-order valence-electron chi connectivity index (χ2n) is 5.16. The van der Waals surface area contributed by atoms with Gasteiger partial charge in [-0.05, 0) is 71.8 Å². The molecule has 0 aliphatic carbocycles. The maximum absolute atomic E-state index is 11.1. The summed E-state index contributed by atoms with van der Waals surface area (Å²) in [7, 11) is 0. The summed E-state index contributed by atoms with van der Waals surface area (Å²) >= 11 is 2.19. The number of fused-ring (bicyclic) bond motifs is 2. The number of hydrogen-bond acceptors (Lipinski definition) is 4. The van der Waals surface area contributed by atoms with Crippen molar-refractivity contribution >= 4 is 44.5 Å². The van der Waals surface area contributed by atoms with E-state index in [4.69, 9.17) is 9.05 Å². The molecule has 118 valence electrons. The van der Waals surface area contributed by atoms with Gasteiger partial charge in [0.1, 0.15) is 0 Å². The Hall–Kier alpha value is -2.29. The highest BCUT2D eigenvalue weighted by Crippen LogP contribution is 2.17. The largest absolute Gasteiger partial charge is 0.378 e. The SMILES string of the molecule is Cc1cc2o[nH]c(=O)c2cc1I.Cc1ccc2c(=O)[nH]oc2c1. The molecule has 0 spiro atoms. The van der Waals surface area contributed by atoms with Crippen molar-refractivity contribution in [2.75, 3.05) is 0 Å². The van der Waals surface area contributed by atoms with Crippen LogP contribution in [0.2, 0.25) is 0 Å². The number of benzene rings is 2. The van der Waals surface area contributed by atoms with Crippen LogP contribution in [0.25, 0.3) is 21.9 Å². The number of halogens is 1. The first-order valence-electron chi connectivity index (χ1n) is 6.81. The number of aryl methyl sites for hydroxylation is 2. The zero-order valence-electron chi connectivity index (χ0n) is 12.4. The highest BCUT2D eigenvalue weighted by molar-refractivity contribution is 14.1. The quantitative estimate of drug-likeness (QED) is 0.423. The molecule has 0 unspecified atom stereocenters. The predicted octanol–water partition coefficient (Wildman–Crippen LogP) is 3.46. The van der Waals surface area contributed by atoms with Gasteiger partial charge in [-0.1, -0.05) is 6.07 Å². The molecule has 0 fully saturated rings. The maximum Gasteiger partial charge on any atom is 0.287 e. The fourth-order valence-electron chi connectivity index (χ4n) is 2.13. The molecule has 23 heavy (non-hydrogen) atoms. The number of rotatable bonds is 0. The lowest BCUT2D eigenvalue weighted by Crippen LogP contribution is -1.96. The van der Waals surface area contributed by atoms with Crippen LogP contribution in [0, 0.1) is 17.4 Å². The normalized spacial score (nSPS) is 10.7. The summed E-state index contributed by atoms with van der Waals surface area (Å²) < 4.78 is 10.9. The van der Waals surface area contributed by atoms with Crippen molar-refractivity contribution in [2.45, 2.75) is 13.8 Å². The van der Waals surface area contributed by atoms with E-state index in [1.807, 2.05) is 38.1 Å². The third-order valence-electron chi connectivity index (χ3n) is 3.39. The van der Waals surface area contributed by atoms with Gasteiger partial charge in [0.25, 0.3) is 11.1 Å². The van der Waals surface area contributed by atoms with Crippen molar-refractivity contribution in [3.63, 3.8) is 0 Å². The second kappa shape index (κ2) is 6.07. The second-order valence-corrected chi connectivity index (χ2v) is 6.33. The Morgan fingerprint density at radius 2 is 1.48 bits per heavy atom. The first-order chi connectivity index (χ1) is 11.0. The van der Waals surface area contributed by atoms with E-state index in [0.29, 0.717) is 21.9 Å². The predicted molar refractivity (Wildman–Crippen MR) is 95.9 cm³/mol. The zero-order chi connectivity index (χ0) is 16.6. The zero-order valence-corrected chi connectivity index (χ0v) is 14.6. The molecule has 2 heterocycles. The molecule has 0 aliphatic heterocycles. The fraction of sp³-hybridized carbons (Fsp3) is 0.125. The van der Waals surface area contributed by atoms with Gasteiger partial charge in [-0.3, -0.25) is 9.59 Å². The minimum Gasteiger partial charge on any atom is -0.378 e. The summed E-state index contributed by atoms with van der Waals surface area (Å²) in [6, 6.07) is 9.15. The monoisotopic (exact) mass is 424 g/mol. The Morgan fingerprint density at radius 1 is 0.870 bits per heavy atom. The summed E-state index contributed by atoms with van der Waals surface area (Å²) in [4.78, 5) is 22.0. The Kier molecular flexibility index (Phi) is 4.12. The Morgan fingerprint density at radius 3 is 2.17 bits per heavy atom. The van der Waals surface area contributed by atoms with Gasteiger partial charge >= 0.3 is 0 Å². The summed E-state index contributed by atoms with van der Waals surface area (Å²) in [5.41, 5.74) is 3.11. The van der Waals surface area contributed by atoms with Crippen LogP contribution in [0.3, 0.4) is 0 Å². The van der Waals surface area contributed by atoms with Crippen LogP contribution in [-0.4, -0.2) is 10.3 Å². The molecular formula is C16H13IN2O4. The van der Waals surface area contributed by atoms with Crippen molar-refractivity contribution in [2.24, 2.45) is 0 Å². The molecule has 0 saturated heterocycles. The molecule has 0 saturated carbocycles. The van der Waals surface area contributed by atoms with Crippen LogP contribution >= 0.6 is 22.6 Å². The lowest BCUT2D eigenvalue weighted by Gasteiger charge is -1.94. The van der Waals surface area contributed by atoms with Crippen LogP contribution in [0.15, 0.2) is 49.0 Å². The van der Waals surface area contributed by atoms with Gasteiger partial charge in [0.05, 0.1) is 10.8 Å². The van der Waals surface area contributed by atoms with E-state index in [1.165, 1.54) is 0 Å². The van der Waals surface area contributed by atoms with Gasteiger partial charge in [-0.25, -0.2) is 0 Å². The number of aromatic nitrogens is 2. The minimum atomic E-state index is -0.167. The van der Waals surface area contributed by atoms with E-state index in [2.05, 4.69) is 32.9 Å². The molecule has 2 N–H and O–H groups in total. The number of aromatic amines is 2. The van der Waals surface area contributed by atoms with Crippen molar-refractivity contribution in [3.05, 3.63) is 65.7 Å². The molecular weight excluding hydrogens is 411 g/mol. The molecule has 0 aliphatic rings. The first-order valence-corrected chi connectivity index (χ1v) is 7.89. The van der Waals surface area contributed by atoms with Gasteiger partial charge in [0.2, 0.25) is 0 Å². The van der Waals surface area contributed by atoms with E-state index < -0.39 is 0 Å². The molecule has 0 bridgehead atoms. The van der Waals surface area contributed by atoms with Gasteiger partial charge in [-0.2, -0.15) is 10.3 Å². The Bertz CT molecular complexity index is 1100. The van der Waals surface area contributed by atoms with Crippen LogP contribution in [0.5, 0.6) is 0 Å². The van der Waals surface area contributed by atoms with Crippen molar-refractivity contribution in [1.29, 1.82) is 0 Å². The van der Waals surface area contributed by atoms with E-state index in [1.54, 1.807) is 6.07 Å². The first kappa shape index (κ1) is 15.6. The van der Waals surface area contributed by atoms with Crippen molar-refractivity contribution in [1.82, 2.24) is 10.3 Å². The van der Waals surface area contributed by atoms with Crippen LogP contribution < -0.4 is 11.1 Å². The molecule has 6 nitrogen and oxygen atoms in total. The van der Waals surface area contributed by atoms with Gasteiger partial charge in [0.15, 0.2) is 11.2 Å². The fourth-order valence-corrected chi connectivity index (χ4v) is 2.60. The highest BCUT2D eigenvalue weighted by atomic mass is 127. The molecule has 0 amide bonds. The molecule has 4 aromatic rings. The van der Waals surface area contributed by atoms with E-state index in [-0.39, 0.29) is 11.1 Å². The maximum atomic E-state index is 11.1. The van der Waals surface area contributed by atoms with E-state index in [0.717, 1.165) is 14.7 Å². The van der Waals surface area contributed by atoms with Crippen LogP contribution in [-0.2, 0) is 0 Å². The molecule has 0 atom stereocenters. The summed E-state index contributed by atoms with van der Waals surface area (Å²) in [5.74, 6) is 0. The average Bonchev–Trinajstić information content (AvgIpc) is 3.05. The summed E-state index contributed by atoms with van der Waals surface area (Å²) in [6.45, 7) is 3.93. The highest BCUT2D eigenvalue weighted by Gasteiger charge is 2.05. The number of hydrogen-bond donors (Lipinski definition) is 2. The average molecular weight is 424 g/mol. The smallest absolute Gasteiger partial charge is 0.287 e. The third kappa shape index (κ3) is 3.09. The van der Waals surface area contributed by atoms with Gasteiger partial charge in [0, 0.05) is 3.57 Å². The van der Waals surface area contributed by atoms with E-state index in [9.17, 15) is 9.59 Å². The number of nitrogens with one attached hydrogen (secondary N) is 2. The third-order valence-corrected chi connectivity index (χ3v) is 4.56. The minimum absolute atomic E-state index is 0.164. The van der Waals surface area contributed by atoms with Crippen LogP contribution in [0.4, 0.5) is 0 Å². The molecule has 2 aromatic carbocycles. The van der Waals surface area contributed by atoms with Crippen molar-refractivity contribution in [3.8, 4) is 0 Å². The van der Waals surface area contributed by atoms with Gasteiger partial charge < -0.3 is 9.05 Å². The van der Waals surface area contributed by atoms with Crippen LogP contribution in [0.1, 0.15) is 11.1 Å². The lowest BCUT2D eigenvalue weighted by atomic mass is 10.2. The standard InChI is InChI=1S/C8H6INO2.C8H7NO2/c1-4-2-7-5(3-6(4)9)8(11)10-12-7;1-5-2-3-6-7(4-5)11-9-8(6)10/h2-3H,1H3,(H,10,11);2-4H,1H3,(H,9,10). The van der Waals surface area contributed by atoms with E-state index >= 15 is 0 Å². The molecule has 2 aromatic heterocycles. The molecule has 7 heteroatoms. The topological polar surface area (TPSA) is 92.0 Å². The molecule has 0 radical (unpaired) electrons. The number of H-pyrrole nitrogens is 2. The Balaban J connectivity index is 0.000000136. The van der Waals surface area contributed by atoms with Crippen molar-refractivity contribution < 1.29 is 9.05 Å². The summed E-state index contributed by atoms with van der Waals surface area (Å²) in [6.07, 6.45) is 0. The van der Waals surface area contributed by atoms with Gasteiger partial charge in [-0.15, -0.1) is 0 Å².